The summed E-state index contributed by atoms with van der Waals surface area (Å²) in [6.07, 6.45) is 2.66. The van der Waals surface area contributed by atoms with Crippen LogP contribution in [0.1, 0.15) is 26.2 Å². The molecular formula is C14H21BrN2O3S. The lowest BCUT2D eigenvalue weighted by molar-refractivity contribution is 0.0193. The Bertz CT molecular complexity index is 592. The van der Waals surface area contributed by atoms with E-state index in [1.54, 1.807) is 18.2 Å². The Hall–Kier alpha value is -0.630. The Morgan fingerprint density at radius 2 is 2.24 bits per heavy atom. The van der Waals surface area contributed by atoms with Crippen molar-refractivity contribution < 1.29 is 13.2 Å². The summed E-state index contributed by atoms with van der Waals surface area (Å²) in [4.78, 5) is 0.257. The van der Waals surface area contributed by atoms with E-state index in [1.807, 2.05) is 6.92 Å². The first kappa shape index (κ1) is 16.7. The molecular weight excluding hydrogens is 356 g/mol. The van der Waals surface area contributed by atoms with Gasteiger partial charge in [0.25, 0.3) is 0 Å². The number of nitrogens with two attached hydrogens (primary N) is 1. The molecule has 0 bridgehead atoms. The molecule has 1 heterocycles. The minimum atomic E-state index is -3.52. The van der Waals surface area contributed by atoms with E-state index in [1.165, 1.54) is 4.31 Å². The van der Waals surface area contributed by atoms with Gasteiger partial charge in [-0.25, -0.2) is 8.42 Å². The molecule has 118 valence electrons. The van der Waals surface area contributed by atoms with Crippen molar-refractivity contribution in [3.63, 3.8) is 0 Å². The molecule has 1 aromatic carbocycles. The summed E-state index contributed by atoms with van der Waals surface area (Å²) in [5, 5.41) is 0. The maximum Gasteiger partial charge on any atom is 0.244 e. The van der Waals surface area contributed by atoms with Gasteiger partial charge < -0.3 is 10.5 Å². The molecule has 0 saturated carbocycles. The van der Waals surface area contributed by atoms with E-state index in [9.17, 15) is 8.42 Å². The van der Waals surface area contributed by atoms with Crippen molar-refractivity contribution >= 4 is 31.6 Å². The second-order valence-corrected chi connectivity index (χ2v) is 7.95. The zero-order valence-corrected chi connectivity index (χ0v) is 14.5. The first-order valence-electron chi connectivity index (χ1n) is 7.12. The van der Waals surface area contributed by atoms with Gasteiger partial charge in [-0.15, -0.1) is 0 Å². The maximum atomic E-state index is 12.7. The molecule has 0 spiro atoms. The molecule has 1 aliphatic heterocycles. The molecule has 1 fully saturated rings. The van der Waals surface area contributed by atoms with Gasteiger partial charge in [-0.3, -0.25) is 0 Å². The van der Waals surface area contributed by atoms with Gasteiger partial charge in [0.1, 0.15) is 0 Å². The van der Waals surface area contributed by atoms with Crippen molar-refractivity contribution in [2.75, 3.05) is 25.4 Å². The van der Waals surface area contributed by atoms with Gasteiger partial charge in [-0.2, -0.15) is 4.31 Å². The Kier molecular flexibility index (Phi) is 5.65. The summed E-state index contributed by atoms with van der Waals surface area (Å²) >= 11 is 3.29. The average molecular weight is 377 g/mol. The Morgan fingerprint density at radius 1 is 1.48 bits per heavy atom. The molecule has 5 nitrogen and oxygen atoms in total. The van der Waals surface area contributed by atoms with E-state index < -0.39 is 10.0 Å². The number of anilines is 1. The minimum absolute atomic E-state index is 0.0129. The maximum absolute atomic E-state index is 12.7. The Morgan fingerprint density at radius 3 is 2.90 bits per heavy atom. The van der Waals surface area contributed by atoms with Crippen LogP contribution in [-0.2, 0) is 14.8 Å². The number of benzene rings is 1. The number of rotatable bonds is 5. The van der Waals surface area contributed by atoms with Crippen molar-refractivity contribution in [2.45, 2.75) is 37.2 Å². The summed E-state index contributed by atoms with van der Waals surface area (Å²) in [7, 11) is -3.52. The van der Waals surface area contributed by atoms with Gasteiger partial charge in [0.05, 0.1) is 11.0 Å². The summed E-state index contributed by atoms with van der Waals surface area (Å²) in [6, 6.07) is 4.76. The quantitative estimate of drug-likeness (QED) is 0.801. The lowest BCUT2D eigenvalue weighted by Crippen LogP contribution is -2.43. The van der Waals surface area contributed by atoms with Crippen molar-refractivity contribution in [3.8, 4) is 0 Å². The number of hydrogen-bond donors (Lipinski definition) is 1. The van der Waals surface area contributed by atoms with Gasteiger partial charge >= 0.3 is 0 Å². The van der Waals surface area contributed by atoms with E-state index in [0.29, 0.717) is 29.9 Å². The highest BCUT2D eigenvalue weighted by atomic mass is 79.9. The van der Waals surface area contributed by atoms with E-state index in [-0.39, 0.29) is 11.0 Å². The summed E-state index contributed by atoms with van der Waals surface area (Å²) in [5.74, 6) is 0. The summed E-state index contributed by atoms with van der Waals surface area (Å²) in [5.41, 5.74) is 6.20. The van der Waals surface area contributed by atoms with Crippen LogP contribution in [0.15, 0.2) is 27.6 Å². The van der Waals surface area contributed by atoms with Crippen molar-refractivity contribution in [3.05, 3.63) is 22.7 Å². The average Bonchev–Trinajstić information content (AvgIpc) is 2.45. The van der Waals surface area contributed by atoms with Crippen molar-refractivity contribution in [1.29, 1.82) is 0 Å². The number of nitrogen functional groups attached to an aromatic ring is 1. The monoisotopic (exact) mass is 376 g/mol. The standard InChI is InChI=1S/C14H21BrN2O3S/c1-2-8-20-12-4-3-7-17(10-12)21(18,19)14-6-5-11(16)9-13(14)15/h5-6,9,12H,2-4,7-8,10,16H2,1H3. The minimum Gasteiger partial charge on any atom is -0.399 e. The molecule has 0 amide bonds. The molecule has 1 unspecified atom stereocenters. The zero-order chi connectivity index (χ0) is 15.5. The number of ether oxygens (including phenoxy) is 1. The second kappa shape index (κ2) is 7.09. The first-order chi connectivity index (χ1) is 9.95. The van der Waals surface area contributed by atoms with Gasteiger partial charge in [-0.05, 0) is 53.4 Å². The Balaban J connectivity index is 2.18. The van der Waals surface area contributed by atoms with E-state index >= 15 is 0 Å². The smallest absolute Gasteiger partial charge is 0.244 e. The molecule has 1 aliphatic rings. The normalized spacial score (nSPS) is 20.6. The van der Waals surface area contributed by atoms with Gasteiger partial charge in [0.15, 0.2) is 0 Å². The van der Waals surface area contributed by atoms with E-state index in [2.05, 4.69) is 15.9 Å². The summed E-state index contributed by atoms with van der Waals surface area (Å²) < 4.78 is 33.2. The molecule has 0 radical (unpaired) electrons. The van der Waals surface area contributed by atoms with Gasteiger partial charge in [0, 0.05) is 29.9 Å². The number of halogens is 1. The fourth-order valence-corrected chi connectivity index (χ4v) is 4.97. The van der Waals surface area contributed by atoms with Crippen molar-refractivity contribution in [1.82, 2.24) is 4.31 Å². The molecule has 0 aromatic heterocycles. The van der Waals surface area contributed by atoms with Crippen molar-refractivity contribution in [2.24, 2.45) is 0 Å². The van der Waals surface area contributed by atoms with Crippen LogP contribution in [0.2, 0.25) is 0 Å². The Labute approximate surface area is 134 Å². The molecule has 0 aliphatic carbocycles. The molecule has 7 heteroatoms. The summed E-state index contributed by atoms with van der Waals surface area (Å²) in [6.45, 7) is 3.66. The fourth-order valence-electron chi connectivity index (χ4n) is 2.41. The first-order valence-corrected chi connectivity index (χ1v) is 9.35. The van der Waals surface area contributed by atoms with Crippen LogP contribution in [0, 0.1) is 0 Å². The number of nitrogens with zero attached hydrogens (tertiary/aromatic N) is 1. The van der Waals surface area contributed by atoms with Crippen LogP contribution in [-0.4, -0.2) is 38.5 Å². The van der Waals surface area contributed by atoms with Crippen LogP contribution >= 0.6 is 15.9 Å². The van der Waals surface area contributed by atoms with Crippen LogP contribution in [0.3, 0.4) is 0 Å². The lowest BCUT2D eigenvalue weighted by Gasteiger charge is -2.32. The van der Waals surface area contributed by atoms with E-state index in [0.717, 1.165) is 19.3 Å². The third-order valence-electron chi connectivity index (χ3n) is 3.47. The fraction of sp³-hybridized carbons (Fsp3) is 0.571. The molecule has 2 rings (SSSR count). The van der Waals surface area contributed by atoms with Gasteiger partial charge in [-0.1, -0.05) is 6.92 Å². The van der Waals surface area contributed by atoms with E-state index in [4.69, 9.17) is 10.5 Å². The van der Waals surface area contributed by atoms with Crippen LogP contribution in [0.5, 0.6) is 0 Å². The zero-order valence-electron chi connectivity index (χ0n) is 12.1. The predicted molar refractivity (Wildman–Crippen MR) is 86.6 cm³/mol. The van der Waals surface area contributed by atoms with Crippen LogP contribution < -0.4 is 5.73 Å². The highest BCUT2D eigenvalue weighted by Gasteiger charge is 2.31. The third-order valence-corrected chi connectivity index (χ3v) is 6.31. The topological polar surface area (TPSA) is 72.6 Å². The highest BCUT2D eigenvalue weighted by molar-refractivity contribution is 9.10. The number of piperidine rings is 1. The van der Waals surface area contributed by atoms with Crippen LogP contribution in [0.25, 0.3) is 0 Å². The molecule has 1 atom stereocenters. The molecule has 2 N–H and O–H groups in total. The largest absolute Gasteiger partial charge is 0.399 e. The van der Waals surface area contributed by atoms with Crippen LogP contribution in [0.4, 0.5) is 5.69 Å². The number of hydrogen-bond acceptors (Lipinski definition) is 4. The third kappa shape index (κ3) is 3.97. The SMILES string of the molecule is CCCOC1CCCN(S(=O)(=O)c2ccc(N)cc2Br)C1. The predicted octanol–water partition coefficient (Wildman–Crippen LogP) is 2.61. The van der Waals surface area contributed by atoms with Gasteiger partial charge in [0.2, 0.25) is 10.0 Å². The highest BCUT2D eigenvalue weighted by Crippen LogP contribution is 2.29. The second-order valence-electron chi connectivity index (χ2n) is 5.19. The molecule has 1 aromatic rings. The lowest BCUT2D eigenvalue weighted by atomic mass is 10.1. The molecule has 1 saturated heterocycles. The molecule has 21 heavy (non-hydrogen) atoms. The number of sulfonamides is 1.